The van der Waals surface area contributed by atoms with Crippen molar-refractivity contribution in [1.82, 2.24) is 5.32 Å². The number of amides is 1. The summed E-state index contributed by atoms with van der Waals surface area (Å²) in [6.07, 6.45) is 0. The molecule has 0 spiro atoms. The van der Waals surface area contributed by atoms with Crippen molar-refractivity contribution in [2.75, 3.05) is 13.0 Å². The van der Waals surface area contributed by atoms with E-state index in [2.05, 4.69) is 9.50 Å². The van der Waals surface area contributed by atoms with Crippen LogP contribution in [0.2, 0.25) is 0 Å². The summed E-state index contributed by atoms with van der Waals surface area (Å²) in [5, 5.41) is 2.53. The van der Waals surface area contributed by atoms with E-state index in [1.807, 2.05) is 19.9 Å². The molecule has 0 radical (unpaired) electrons. The predicted octanol–water partition coefficient (Wildman–Crippen LogP) is 1.92. The van der Waals surface area contributed by atoms with Gasteiger partial charge in [0, 0.05) is 5.56 Å². The minimum absolute atomic E-state index is 0. The molecule has 3 N–H and O–H groups in total. The molecule has 136 valence electrons. The van der Waals surface area contributed by atoms with Crippen LogP contribution in [0.3, 0.4) is 0 Å². The summed E-state index contributed by atoms with van der Waals surface area (Å²) in [6.45, 7) is 3.93. The molecular formula is C13H25NO7S2. The summed E-state index contributed by atoms with van der Waals surface area (Å²) in [6, 6.07) is 5.44. The monoisotopic (exact) mass is 371 g/mol. The molecule has 0 saturated carbocycles. The molecule has 0 aliphatic heterocycles. The first kappa shape index (κ1) is 26.6. The number of hydrogen-bond acceptors (Lipinski definition) is 5. The van der Waals surface area contributed by atoms with Crippen LogP contribution in [-0.2, 0) is 25.7 Å². The standard InChI is InChI=1S/C11H15NO3S.2CH4.H2O4S/c1-8-4-5-10(6-9(8)2)11(13)12-7-16(14)15-3;;;1-5(2,3)4/h4-6H,7H2,1-3H3,(H,12,13);2*1H4;(H2,1,2,3,4). The number of carbonyl (C=O) groups is 1. The quantitative estimate of drug-likeness (QED) is 0.689. The Labute approximate surface area is 140 Å². The Morgan fingerprint density at radius 3 is 2.09 bits per heavy atom. The molecule has 8 nitrogen and oxygen atoms in total. The Hall–Kier alpha value is -1.33. The van der Waals surface area contributed by atoms with Crippen LogP contribution in [0, 0.1) is 13.8 Å². The summed E-state index contributed by atoms with van der Waals surface area (Å²) < 4.78 is 47.1. The predicted molar refractivity (Wildman–Crippen MR) is 91.0 cm³/mol. The molecule has 1 unspecified atom stereocenters. The van der Waals surface area contributed by atoms with Crippen molar-refractivity contribution in [2.45, 2.75) is 28.7 Å². The van der Waals surface area contributed by atoms with E-state index in [9.17, 15) is 9.00 Å². The van der Waals surface area contributed by atoms with Gasteiger partial charge in [0.2, 0.25) is 0 Å². The number of aryl methyl sites for hydroxylation is 2. The molecule has 1 rings (SSSR count). The lowest BCUT2D eigenvalue weighted by Crippen LogP contribution is -2.27. The van der Waals surface area contributed by atoms with Crippen molar-refractivity contribution < 1.29 is 30.7 Å². The van der Waals surface area contributed by atoms with E-state index in [0.717, 1.165) is 11.1 Å². The maximum absolute atomic E-state index is 11.6. The number of hydrogen-bond donors (Lipinski definition) is 3. The van der Waals surface area contributed by atoms with Gasteiger partial charge in [0.25, 0.3) is 5.91 Å². The van der Waals surface area contributed by atoms with Crippen LogP contribution in [0.5, 0.6) is 0 Å². The largest absolute Gasteiger partial charge is 0.394 e. The Bertz CT molecular complexity index is 607. The van der Waals surface area contributed by atoms with E-state index >= 15 is 0 Å². The van der Waals surface area contributed by atoms with Gasteiger partial charge in [-0.2, -0.15) is 8.42 Å². The second-order valence-corrected chi connectivity index (χ2v) is 5.99. The van der Waals surface area contributed by atoms with Gasteiger partial charge in [-0.05, 0) is 37.1 Å². The van der Waals surface area contributed by atoms with Gasteiger partial charge in [-0.15, -0.1) is 0 Å². The molecule has 0 aliphatic carbocycles. The van der Waals surface area contributed by atoms with Gasteiger partial charge in [-0.3, -0.25) is 18.1 Å². The van der Waals surface area contributed by atoms with Gasteiger partial charge < -0.3 is 5.32 Å². The second kappa shape index (κ2) is 12.1. The van der Waals surface area contributed by atoms with Gasteiger partial charge in [0.1, 0.15) is 5.88 Å². The van der Waals surface area contributed by atoms with Crippen LogP contribution in [0.25, 0.3) is 0 Å². The highest BCUT2D eigenvalue weighted by Crippen LogP contribution is 2.09. The molecule has 0 aliphatic rings. The zero-order chi connectivity index (χ0) is 16.6. The van der Waals surface area contributed by atoms with Gasteiger partial charge >= 0.3 is 10.4 Å². The third-order valence-corrected chi connectivity index (χ3v) is 3.06. The molecule has 0 heterocycles. The lowest BCUT2D eigenvalue weighted by molar-refractivity contribution is 0.0959. The van der Waals surface area contributed by atoms with Crippen molar-refractivity contribution in [3.8, 4) is 0 Å². The number of nitrogens with one attached hydrogen (secondary N) is 1. The van der Waals surface area contributed by atoms with Gasteiger partial charge in [-0.25, -0.2) is 4.21 Å². The van der Waals surface area contributed by atoms with Crippen molar-refractivity contribution >= 4 is 27.4 Å². The first-order valence-corrected chi connectivity index (χ1v) is 8.17. The van der Waals surface area contributed by atoms with Crippen molar-refractivity contribution in [3.05, 3.63) is 34.9 Å². The normalized spacial score (nSPS) is 11.0. The molecule has 0 saturated heterocycles. The zero-order valence-electron chi connectivity index (χ0n) is 11.7. The van der Waals surface area contributed by atoms with Crippen molar-refractivity contribution in [2.24, 2.45) is 0 Å². The Morgan fingerprint density at radius 1 is 1.22 bits per heavy atom. The average molecular weight is 371 g/mol. The summed E-state index contributed by atoms with van der Waals surface area (Å²) in [4.78, 5) is 11.6. The first-order chi connectivity index (χ1) is 9.54. The summed E-state index contributed by atoms with van der Waals surface area (Å²) in [5.41, 5.74) is 2.76. The second-order valence-electron chi connectivity index (χ2n) is 3.87. The summed E-state index contributed by atoms with van der Waals surface area (Å²) in [5.74, 6) is -0.240. The fourth-order valence-electron chi connectivity index (χ4n) is 1.17. The van der Waals surface area contributed by atoms with Crippen molar-refractivity contribution in [1.29, 1.82) is 0 Å². The molecule has 23 heavy (non-hydrogen) atoms. The molecule has 1 aromatic rings. The molecule has 1 aromatic carbocycles. The Balaban J connectivity index is -0.000000502. The van der Waals surface area contributed by atoms with Crippen LogP contribution in [0.15, 0.2) is 18.2 Å². The summed E-state index contributed by atoms with van der Waals surface area (Å²) >= 11 is -1.46. The topological polar surface area (TPSA) is 130 Å². The third kappa shape index (κ3) is 14.0. The first-order valence-electron chi connectivity index (χ1n) is 5.52. The van der Waals surface area contributed by atoms with E-state index in [-0.39, 0.29) is 26.6 Å². The number of rotatable bonds is 4. The molecular weight excluding hydrogens is 346 g/mol. The average Bonchev–Trinajstić information content (AvgIpc) is 2.36. The molecule has 0 fully saturated rings. The minimum Gasteiger partial charge on any atom is -0.338 e. The highest BCUT2D eigenvalue weighted by molar-refractivity contribution is 7.80. The van der Waals surface area contributed by atoms with Crippen LogP contribution in [0.1, 0.15) is 36.3 Å². The maximum Gasteiger partial charge on any atom is 0.394 e. The Kier molecular flexibility index (Phi) is 14.0. The SMILES string of the molecule is C.C.COS(=O)CNC(=O)c1ccc(C)c(C)c1.O=S(=O)(O)O. The molecule has 1 atom stereocenters. The van der Waals surface area contributed by atoms with E-state index in [4.69, 9.17) is 17.5 Å². The smallest absolute Gasteiger partial charge is 0.338 e. The van der Waals surface area contributed by atoms with Crippen LogP contribution < -0.4 is 5.32 Å². The lowest BCUT2D eigenvalue weighted by atomic mass is 10.1. The maximum atomic E-state index is 11.6. The van der Waals surface area contributed by atoms with E-state index in [0.29, 0.717) is 5.56 Å². The minimum atomic E-state index is -4.67. The van der Waals surface area contributed by atoms with E-state index in [1.165, 1.54) is 7.11 Å². The molecule has 0 bridgehead atoms. The fraction of sp³-hybridized carbons (Fsp3) is 0.462. The van der Waals surface area contributed by atoms with Crippen LogP contribution >= 0.6 is 0 Å². The van der Waals surface area contributed by atoms with Crippen molar-refractivity contribution in [3.63, 3.8) is 0 Å². The van der Waals surface area contributed by atoms with E-state index in [1.54, 1.807) is 12.1 Å². The van der Waals surface area contributed by atoms with Gasteiger partial charge in [0.15, 0.2) is 11.1 Å². The highest BCUT2D eigenvalue weighted by atomic mass is 32.3. The lowest BCUT2D eigenvalue weighted by Gasteiger charge is -2.06. The molecule has 1 amide bonds. The number of carbonyl (C=O) groups excluding carboxylic acids is 1. The fourth-order valence-corrected chi connectivity index (χ4v) is 1.53. The van der Waals surface area contributed by atoms with Gasteiger partial charge in [0.05, 0.1) is 7.11 Å². The van der Waals surface area contributed by atoms with Crippen LogP contribution in [0.4, 0.5) is 0 Å². The summed E-state index contributed by atoms with van der Waals surface area (Å²) in [7, 11) is -3.34. The van der Waals surface area contributed by atoms with Crippen LogP contribution in [-0.4, -0.2) is 40.6 Å². The Morgan fingerprint density at radius 2 is 1.70 bits per heavy atom. The van der Waals surface area contributed by atoms with E-state index < -0.39 is 21.5 Å². The zero-order valence-corrected chi connectivity index (χ0v) is 13.3. The van der Waals surface area contributed by atoms with Gasteiger partial charge in [-0.1, -0.05) is 20.9 Å². The molecule has 10 heteroatoms. The number of benzene rings is 1. The third-order valence-electron chi connectivity index (χ3n) is 2.31. The highest BCUT2D eigenvalue weighted by Gasteiger charge is 2.07. The molecule has 0 aromatic heterocycles.